The molecule has 1 atom stereocenters. The molecular formula is C22H28F2N2O3. The van der Waals surface area contributed by atoms with E-state index >= 15 is 0 Å². The number of phenols is 1. The molecule has 0 bridgehead atoms. The molecule has 0 unspecified atom stereocenters. The largest absolute Gasteiger partial charge is 0.504 e. The molecule has 2 aromatic rings. The monoisotopic (exact) mass is 406 g/mol. The molecule has 0 radical (unpaired) electrons. The van der Waals surface area contributed by atoms with Crippen LogP contribution in [0.4, 0.5) is 8.78 Å². The maximum Gasteiger partial charge on any atom is 0.162 e. The number of aliphatic hydroxyl groups excluding tert-OH is 1. The van der Waals surface area contributed by atoms with Crippen LogP contribution in [-0.2, 0) is 13.1 Å². The Kier molecular flexibility index (Phi) is 7.41. The summed E-state index contributed by atoms with van der Waals surface area (Å²) >= 11 is 0. The first-order valence-electron chi connectivity index (χ1n) is 9.96. The lowest BCUT2D eigenvalue weighted by Crippen LogP contribution is -2.52. The number of halogens is 2. The van der Waals surface area contributed by atoms with Gasteiger partial charge in [-0.05, 0) is 37.1 Å². The summed E-state index contributed by atoms with van der Waals surface area (Å²) in [5.41, 5.74) is 1.51. The fraction of sp³-hybridized carbons (Fsp3) is 0.455. The van der Waals surface area contributed by atoms with Gasteiger partial charge in [0, 0.05) is 50.9 Å². The first-order chi connectivity index (χ1) is 14.0. The highest BCUT2D eigenvalue weighted by Gasteiger charge is 2.27. The number of ether oxygens (including phenoxy) is 1. The Balaban J connectivity index is 1.67. The van der Waals surface area contributed by atoms with Gasteiger partial charge in [-0.2, -0.15) is 0 Å². The third-order valence-electron chi connectivity index (χ3n) is 5.30. The minimum atomic E-state index is -0.848. The minimum Gasteiger partial charge on any atom is -0.504 e. The molecule has 0 aromatic heterocycles. The highest BCUT2D eigenvalue weighted by molar-refractivity contribution is 5.45. The summed E-state index contributed by atoms with van der Waals surface area (Å²) in [5.74, 6) is -1.05. The van der Waals surface area contributed by atoms with Crippen LogP contribution in [0.25, 0.3) is 0 Å². The van der Waals surface area contributed by atoms with Crippen LogP contribution in [0.1, 0.15) is 24.5 Å². The van der Waals surface area contributed by atoms with Crippen LogP contribution in [0.2, 0.25) is 0 Å². The highest BCUT2D eigenvalue weighted by atomic mass is 19.2. The third-order valence-corrected chi connectivity index (χ3v) is 5.30. The number of rotatable bonds is 8. The molecule has 3 rings (SSSR count). The maximum absolute atomic E-state index is 13.5. The molecule has 0 aliphatic carbocycles. The molecule has 2 aromatic carbocycles. The van der Waals surface area contributed by atoms with Gasteiger partial charge in [0.05, 0.1) is 6.61 Å². The second-order valence-electron chi connectivity index (χ2n) is 7.32. The van der Waals surface area contributed by atoms with Gasteiger partial charge in [0.25, 0.3) is 0 Å². The Morgan fingerprint density at radius 2 is 1.93 bits per heavy atom. The van der Waals surface area contributed by atoms with Crippen LogP contribution in [0.3, 0.4) is 0 Å². The molecule has 158 valence electrons. The third kappa shape index (κ3) is 5.44. The fourth-order valence-corrected chi connectivity index (χ4v) is 3.81. The van der Waals surface area contributed by atoms with Crippen molar-refractivity contribution in [1.29, 1.82) is 0 Å². The number of piperazine rings is 1. The average molecular weight is 406 g/mol. The van der Waals surface area contributed by atoms with Crippen LogP contribution in [0.15, 0.2) is 36.4 Å². The van der Waals surface area contributed by atoms with Crippen LogP contribution >= 0.6 is 0 Å². The van der Waals surface area contributed by atoms with Gasteiger partial charge in [-0.3, -0.25) is 9.80 Å². The van der Waals surface area contributed by atoms with Gasteiger partial charge >= 0.3 is 0 Å². The molecule has 0 spiro atoms. The summed E-state index contributed by atoms with van der Waals surface area (Å²) in [4.78, 5) is 4.42. The first-order valence-corrected chi connectivity index (χ1v) is 9.96. The van der Waals surface area contributed by atoms with E-state index in [2.05, 4.69) is 9.80 Å². The molecule has 0 saturated carbocycles. The summed E-state index contributed by atoms with van der Waals surface area (Å²) in [6.45, 7) is 5.70. The van der Waals surface area contributed by atoms with E-state index < -0.39 is 11.6 Å². The van der Waals surface area contributed by atoms with Gasteiger partial charge in [-0.1, -0.05) is 18.2 Å². The molecule has 29 heavy (non-hydrogen) atoms. The molecule has 1 aliphatic rings. The van der Waals surface area contributed by atoms with Crippen molar-refractivity contribution in [1.82, 2.24) is 9.80 Å². The molecular weight excluding hydrogens is 378 g/mol. The molecule has 1 aliphatic heterocycles. The molecule has 7 heteroatoms. The van der Waals surface area contributed by atoms with Crippen LogP contribution in [-0.4, -0.2) is 58.9 Å². The molecule has 1 fully saturated rings. The number of aromatic hydroxyl groups is 1. The second kappa shape index (κ2) is 10.0. The van der Waals surface area contributed by atoms with Crippen LogP contribution < -0.4 is 4.74 Å². The second-order valence-corrected chi connectivity index (χ2v) is 7.32. The topological polar surface area (TPSA) is 56.2 Å². The van der Waals surface area contributed by atoms with Crippen molar-refractivity contribution in [3.05, 3.63) is 59.2 Å². The fourth-order valence-electron chi connectivity index (χ4n) is 3.81. The molecule has 5 nitrogen and oxygen atoms in total. The Morgan fingerprint density at radius 1 is 1.10 bits per heavy atom. The number of nitrogens with zero attached hydrogens (tertiary/aromatic N) is 2. The summed E-state index contributed by atoms with van der Waals surface area (Å²) in [7, 11) is 0. The number of benzene rings is 2. The predicted molar refractivity (Wildman–Crippen MR) is 107 cm³/mol. The molecule has 0 amide bonds. The summed E-state index contributed by atoms with van der Waals surface area (Å²) in [5, 5.41) is 19.9. The van der Waals surface area contributed by atoms with Gasteiger partial charge in [0.1, 0.15) is 0 Å². The van der Waals surface area contributed by atoms with E-state index in [1.54, 1.807) is 12.1 Å². The van der Waals surface area contributed by atoms with Crippen LogP contribution in [0.5, 0.6) is 11.5 Å². The number of phenolic OH excluding ortho intramolecular Hbond substituents is 1. The lowest BCUT2D eigenvalue weighted by atomic mass is 10.1. The maximum atomic E-state index is 13.5. The zero-order valence-corrected chi connectivity index (χ0v) is 16.7. The predicted octanol–water partition coefficient (Wildman–Crippen LogP) is 3.14. The van der Waals surface area contributed by atoms with E-state index in [0.29, 0.717) is 44.0 Å². The van der Waals surface area contributed by atoms with E-state index in [4.69, 9.17) is 4.74 Å². The Bertz CT molecular complexity index is 819. The van der Waals surface area contributed by atoms with Crippen molar-refractivity contribution >= 4 is 0 Å². The van der Waals surface area contributed by atoms with E-state index in [1.807, 2.05) is 19.1 Å². The lowest BCUT2D eigenvalue weighted by Gasteiger charge is -2.41. The SMILES string of the molecule is CCOc1cccc(CN2CCN(Cc3ccc(F)c(F)c3)[C@H](CCO)C2)c1O. The van der Waals surface area contributed by atoms with E-state index in [9.17, 15) is 19.0 Å². The number of para-hydroxylation sites is 1. The lowest BCUT2D eigenvalue weighted by molar-refractivity contribution is 0.0495. The Hall–Kier alpha value is -2.22. The normalized spacial score (nSPS) is 18.1. The standard InChI is InChI=1S/C22H28F2N2O3/c1-2-29-21-5-3-4-17(22(21)28)14-25-9-10-26(18(15-25)8-11-27)13-16-6-7-19(23)20(24)12-16/h3-7,12,18,27-28H,2,8-11,13-15H2,1H3/t18-/m1/s1. The Morgan fingerprint density at radius 3 is 2.66 bits per heavy atom. The number of hydrogen-bond donors (Lipinski definition) is 2. The number of aliphatic hydroxyl groups is 1. The van der Waals surface area contributed by atoms with E-state index in [0.717, 1.165) is 24.7 Å². The molecule has 1 heterocycles. The van der Waals surface area contributed by atoms with Crippen molar-refractivity contribution < 1.29 is 23.7 Å². The summed E-state index contributed by atoms with van der Waals surface area (Å²) in [6, 6.07) is 9.55. The smallest absolute Gasteiger partial charge is 0.162 e. The van der Waals surface area contributed by atoms with Gasteiger partial charge < -0.3 is 14.9 Å². The van der Waals surface area contributed by atoms with Crippen molar-refractivity contribution in [2.45, 2.75) is 32.5 Å². The van der Waals surface area contributed by atoms with Crippen LogP contribution in [0, 0.1) is 11.6 Å². The molecule has 2 N–H and O–H groups in total. The first kappa shape index (κ1) is 21.5. The molecule has 1 saturated heterocycles. The van der Waals surface area contributed by atoms with E-state index in [1.165, 1.54) is 6.07 Å². The van der Waals surface area contributed by atoms with Crippen molar-refractivity contribution in [3.8, 4) is 11.5 Å². The van der Waals surface area contributed by atoms with Crippen molar-refractivity contribution in [2.75, 3.05) is 32.8 Å². The zero-order valence-electron chi connectivity index (χ0n) is 16.7. The minimum absolute atomic E-state index is 0.0534. The van der Waals surface area contributed by atoms with Gasteiger partial charge in [0.2, 0.25) is 0 Å². The van der Waals surface area contributed by atoms with E-state index in [-0.39, 0.29) is 18.4 Å². The summed E-state index contributed by atoms with van der Waals surface area (Å²) < 4.78 is 32.2. The van der Waals surface area contributed by atoms with Gasteiger partial charge in [-0.15, -0.1) is 0 Å². The van der Waals surface area contributed by atoms with Crippen molar-refractivity contribution in [2.24, 2.45) is 0 Å². The zero-order chi connectivity index (χ0) is 20.8. The average Bonchev–Trinajstić information content (AvgIpc) is 2.70. The summed E-state index contributed by atoms with van der Waals surface area (Å²) in [6.07, 6.45) is 0.588. The Labute approximate surface area is 170 Å². The quantitative estimate of drug-likeness (QED) is 0.706. The highest BCUT2D eigenvalue weighted by Crippen LogP contribution is 2.31. The number of hydrogen-bond acceptors (Lipinski definition) is 5. The van der Waals surface area contributed by atoms with Gasteiger partial charge in [0.15, 0.2) is 23.1 Å². The van der Waals surface area contributed by atoms with Gasteiger partial charge in [-0.25, -0.2) is 8.78 Å². The van der Waals surface area contributed by atoms with Crippen molar-refractivity contribution in [3.63, 3.8) is 0 Å².